The van der Waals surface area contributed by atoms with Crippen molar-refractivity contribution < 1.29 is 0 Å². The van der Waals surface area contributed by atoms with Crippen molar-refractivity contribution in [1.29, 1.82) is 0 Å². The van der Waals surface area contributed by atoms with Gasteiger partial charge in [0.2, 0.25) is 0 Å². The van der Waals surface area contributed by atoms with E-state index in [9.17, 15) is 4.79 Å². The Morgan fingerprint density at radius 1 is 1.17 bits per heavy atom. The van der Waals surface area contributed by atoms with Crippen LogP contribution in [0.5, 0.6) is 0 Å². The standard InChI is InChI=1S/C20H19N3O/c1-12-3-4-13(2)15(9-12)10-14-7-8-23-19(14)22-18-6-5-16(21)11-17(18)20(23)24/h3-6,9-11H,7-8,21H2,1-2H3/b14-10+. The van der Waals surface area contributed by atoms with Crippen molar-refractivity contribution in [2.75, 3.05) is 5.73 Å². The van der Waals surface area contributed by atoms with Gasteiger partial charge in [0.15, 0.2) is 0 Å². The third-order valence-corrected chi connectivity index (χ3v) is 4.63. The summed E-state index contributed by atoms with van der Waals surface area (Å²) >= 11 is 0. The number of nitrogens with zero attached hydrogens (tertiary/aromatic N) is 2. The third kappa shape index (κ3) is 2.31. The molecule has 24 heavy (non-hydrogen) atoms. The van der Waals surface area contributed by atoms with Gasteiger partial charge in [0, 0.05) is 12.2 Å². The predicted molar refractivity (Wildman–Crippen MR) is 98.8 cm³/mol. The molecule has 4 nitrogen and oxygen atoms in total. The summed E-state index contributed by atoms with van der Waals surface area (Å²) in [5, 5.41) is 0.590. The van der Waals surface area contributed by atoms with Gasteiger partial charge in [-0.05, 0) is 61.2 Å². The molecule has 0 atom stereocenters. The highest BCUT2D eigenvalue weighted by molar-refractivity contribution is 5.86. The zero-order valence-electron chi connectivity index (χ0n) is 13.8. The molecule has 2 N–H and O–H groups in total. The fourth-order valence-corrected chi connectivity index (χ4v) is 3.27. The van der Waals surface area contributed by atoms with Gasteiger partial charge in [0.05, 0.1) is 10.9 Å². The highest BCUT2D eigenvalue weighted by Gasteiger charge is 2.21. The molecule has 0 unspecified atom stereocenters. The molecule has 1 aliphatic rings. The van der Waals surface area contributed by atoms with Gasteiger partial charge in [-0.25, -0.2) is 4.98 Å². The summed E-state index contributed by atoms with van der Waals surface area (Å²) in [5.41, 5.74) is 11.8. The largest absolute Gasteiger partial charge is 0.399 e. The van der Waals surface area contributed by atoms with Gasteiger partial charge < -0.3 is 5.73 Å². The first kappa shape index (κ1) is 14.7. The molecule has 2 aromatic carbocycles. The molecular formula is C20H19N3O. The summed E-state index contributed by atoms with van der Waals surface area (Å²) in [7, 11) is 0. The maximum Gasteiger partial charge on any atom is 0.261 e. The Labute approximate surface area is 140 Å². The molecule has 0 bridgehead atoms. The Kier molecular flexibility index (Phi) is 3.27. The smallest absolute Gasteiger partial charge is 0.261 e. The van der Waals surface area contributed by atoms with Crippen LogP contribution in [0, 0.1) is 13.8 Å². The molecule has 0 saturated carbocycles. The van der Waals surface area contributed by atoms with E-state index in [1.165, 1.54) is 16.7 Å². The van der Waals surface area contributed by atoms with E-state index in [0.717, 1.165) is 17.8 Å². The number of fused-ring (bicyclic) bond motifs is 2. The highest BCUT2D eigenvalue weighted by atomic mass is 16.1. The Balaban J connectivity index is 1.92. The Bertz CT molecular complexity index is 1060. The summed E-state index contributed by atoms with van der Waals surface area (Å²) in [6, 6.07) is 11.7. The van der Waals surface area contributed by atoms with Gasteiger partial charge in [0.25, 0.3) is 5.56 Å². The number of aromatic nitrogens is 2. The van der Waals surface area contributed by atoms with Crippen LogP contribution in [0.2, 0.25) is 0 Å². The highest BCUT2D eigenvalue weighted by Crippen LogP contribution is 2.28. The second kappa shape index (κ2) is 5.34. The third-order valence-electron chi connectivity index (χ3n) is 4.63. The molecule has 3 aromatic rings. The lowest BCUT2D eigenvalue weighted by Crippen LogP contribution is -2.20. The van der Waals surface area contributed by atoms with Gasteiger partial charge in [0.1, 0.15) is 5.82 Å². The first-order valence-corrected chi connectivity index (χ1v) is 8.11. The van der Waals surface area contributed by atoms with Crippen molar-refractivity contribution in [3.8, 4) is 0 Å². The Morgan fingerprint density at radius 3 is 2.83 bits per heavy atom. The van der Waals surface area contributed by atoms with Gasteiger partial charge in [-0.1, -0.05) is 23.8 Å². The first-order chi connectivity index (χ1) is 11.5. The summed E-state index contributed by atoms with van der Waals surface area (Å²) in [4.78, 5) is 17.5. The van der Waals surface area contributed by atoms with Crippen molar-refractivity contribution in [2.24, 2.45) is 0 Å². The number of hydrogen-bond donors (Lipinski definition) is 1. The van der Waals surface area contributed by atoms with E-state index in [4.69, 9.17) is 10.7 Å². The number of anilines is 1. The van der Waals surface area contributed by atoms with Crippen molar-refractivity contribution in [2.45, 2.75) is 26.8 Å². The van der Waals surface area contributed by atoms with Crippen LogP contribution in [0.4, 0.5) is 5.69 Å². The number of rotatable bonds is 1. The minimum atomic E-state index is -0.00772. The SMILES string of the molecule is Cc1ccc(C)c(/C=C2\CCn3c2nc2ccc(N)cc2c3=O)c1. The van der Waals surface area contributed by atoms with Crippen molar-refractivity contribution in [1.82, 2.24) is 9.55 Å². The van der Waals surface area contributed by atoms with Crippen molar-refractivity contribution in [3.63, 3.8) is 0 Å². The molecule has 0 radical (unpaired) electrons. The maximum absolute atomic E-state index is 12.7. The zero-order valence-corrected chi connectivity index (χ0v) is 13.8. The fraction of sp³-hybridized carbons (Fsp3) is 0.200. The van der Waals surface area contributed by atoms with E-state index < -0.39 is 0 Å². The number of aryl methyl sites for hydroxylation is 2. The van der Waals surface area contributed by atoms with E-state index in [1.54, 1.807) is 16.7 Å². The minimum absolute atomic E-state index is 0.00772. The van der Waals surface area contributed by atoms with E-state index in [0.29, 0.717) is 23.1 Å². The molecule has 0 spiro atoms. The molecule has 0 aliphatic carbocycles. The molecular weight excluding hydrogens is 298 g/mol. The maximum atomic E-state index is 12.7. The van der Waals surface area contributed by atoms with Crippen LogP contribution in [-0.4, -0.2) is 9.55 Å². The lowest BCUT2D eigenvalue weighted by Gasteiger charge is -2.07. The first-order valence-electron chi connectivity index (χ1n) is 8.11. The molecule has 120 valence electrons. The minimum Gasteiger partial charge on any atom is -0.399 e. The van der Waals surface area contributed by atoms with Crippen molar-refractivity contribution >= 4 is 28.2 Å². The van der Waals surface area contributed by atoms with Gasteiger partial charge >= 0.3 is 0 Å². The topological polar surface area (TPSA) is 60.9 Å². The average molecular weight is 317 g/mol. The average Bonchev–Trinajstić information content (AvgIpc) is 2.95. The molecule has 0 amide bonds. The van der Waals surface area contributed by atoms with Crippen LogP contribution >= 0.6 is 0 Å². The van der Waals surface area contributed by atoms with Crippen LogP contribution in [0.25, 0.3) is 22.6 Å². The normalized spacial score (nSPS) is 15.2. The second-order valence-corrected chi connectivity index (χ2v) is 6.45. The van der Waals surface area contributed by atoms with Crippen LogP contribution in [0.1, 0.15) is 28.9 Å². The number of nitrogens with two attached hydrogens (primary N) is 1. The summed E-state index contributed by atoms with van der Waals surface area (Å²) < 4.78 is 1.76. The number of nitrogen functional groups attached to an aromatic ring is 1. The summed E-state index contributed by atoms with van der Waals surface area (Å²) in [6.07, 6.45) is 2.98. The summed E-state index contributed by atoms with van der Waals surface area (Å²) in [6.45, 7) is 4.86. The van der Waals surface area contributed by atoms with Gasteiger partial charge in [-0.15, -0.1) is 0 Å². The lowest BCUT2D eigenvalue weighted by atomic mass is 10.0. The fourth-order valence-electron chi connectivity index (χ4n) is 3.27. The zero-order chi connectivity index (χ0) is 16.8. The van der Waals surface area contributed by atoms with Crippen LogP contribution in [0.15, 0.2) is 41.2 Å². The molecule has 0 fully saturated rings. The van der Waals surface area contributed by atoms with E-state index in [1.807, 2.05) is 6.07 Å². The van der Waals surface area contributed by atoms with E-state index in [-0.39, 0.29) is 5.56 Å². The van der Waals surface area contributed by atoms with Crippen molar-refractivity contribution in [3.05, 3.63) is 69.3 Å². The quantitative estimate of drug-likeness (QED) is 0.698. The lowest BCUT2D eigenvalue weighted by molar-refractivity contribution is 0.725. The molecule has 1 aromatic heterocycles. The Morgan fingerprint density at radius 2 is 2.00 bits per heavy atom. The molecule has 4 rings (SSSR count). The van der Waals surface area contributed by atoms with Gasteiger partial charge in [-0.2, -0.15) is 0 Å². The number of allylic oxidation sites excluding steroid dienone is 1. The van der Waals surface area contributed by atoms with Crippen LogP contribution in [-0.2, 0) is 6.54 Å². The molecule has 1 aliphatic heterocycles. The summed E-state index contributed by atoms with van der Waals surface area (Å²) in [5.74, 6) is 0.776. The number of hydrogen-bond acceptors (Lipinski definition) is 3. The second-order valence-electron chi connectivity index (χ2n) is 6.45. The monoisotopic (exact) mass is 317 g/mol. The molecule has 0 saturated heterocycles. The molecule has 2 heterocycles. The Hall–Kier alpha value is -2.88. The van der Waals surface area contributed by atoms with Crippen LogP contribution in [0.3, 0.4) is 0 Å². The molecule has 4 heteroatoms. The van der Waals surface area contributed by atoms with E-state index in [2.05, 4.69) is 38.1 Å². The van der Waals surface area contributed by atoms with E-state index >= 15 is 0 Å². The van der Waals surface area contributed by atoms with Gasteiger partial charge in [-0.3, -0.25) is 9.36 Å². The predicted octanol–water partition coefficient (Wildman–Crippen LogP) is 3.54. The van der Waals surface area contributed by atoms with Crippen LogP contribution < -0.4 is 11.3 Å². The number of benzene rings is 2.